The van der Waals surface area contributed by atoms with E-state index in [2.05, 4.69) is 15.6 Å². The number of nitrogens with zero attached hydrogens (tertiary/aromatic N) is 4. The smallest absolute Gasteiger partial charge is 0.222 e. The molecule has 0 aliphatic carbocycles. The molecule has 0 bridgehead atoms. The van der Waals surface area contributed by atoms with Crippen molar-refractivity contribution < 1.29 is 9.53 Å². The maximum absolute atomic E-state index is 11.9. The molecule has 1 N–H and O–H groups in total. The van der Waals surface area contributed by atoms with Crippen LogP contribution in [0, 0.1) is 0 Å². The Kier molecular flexibility index (Phi) is 8.61. The summed E-state index contributed by atoms with van der Waals surface area (Å²) in [5.74, 6) is 0.210. The van der Waals surface area contributed by atoms with Crippen LogP contribution >= 0.6 is 0 Å². The van der Waals surface area contributed by atoms with Crippen molar-refractivity contribution in [3.63, 3.8) is 0 Å². The summed E-state index contributed by atoms with van der Waals surface area (Å²) in [5, 5.41) is 11.4. The second kappa shape index (κ2) is 10.3. The number of hydrogen-bond acceptors (Lipinski definition) is 5. The molecule has 7 heteroatoms. The van der Waals surface area contributed by atoms with Crippen molar-refractivity contribution in [2.45, 2.75) is 39.8 Å². The fourth-order valence-electron chi connectivity index (χ4n) is 2.05. The lowest BCUT2D eigenvalue weighted by molar-refractivity contribution is -0.130. The van der Waals surface area contributed by atoms with Gasteiger partial charge in [0.15, 0.2) is 0 Å². The predicted molar refractivity (Wildman–Crippen MR) is 80.8 cm³/mol. The third kappa shape index (κ3) is 6.68. The summed E-state index contributed by atoms with van der Waals surface area (Å²) in [7, 11) is 1.68. The van der Waals surface area contributed by atoms with E-state index in [4.69, 9.17) is 4.74 Å². The van der Waals surface area contributed by atoms with Gasteiger partial charge in [-0.3, -0.25) is 9.48 Å². The first kappa shape index (κ1) is 17.6. The largest absolute Gasteiger partial charge is 0.383 e. The SMILES string of the molecule is CCN(CC)C(=O)CCCn1cc(CNCCOC)nn1. The number of carbonyl (C=O) groups is 1. The van der Waals surface area contributed by atoms with Gasteiger partial charge in [-0.2, -0.15) is 0 Å². The quantitative estimate of drug-likeness (QED) is 0.608. The van der Waals surface area contributed by atoms with E-state index in [1.807, 2.05) is 24.9 Å². The predicted octanol–water partition coefficient (Wildman–Crippen LogP) is 0.663. The van der Waals surface area contributed by atoms with E-state index in [0.29, 0.717) is 19.6 Å². The summed E-state index contributed by atoms with van der Waals surface area (Å²) in [5.41, 5.74) is 0.904. The van der Waals surface area contributed by atoms with Gasteiger partial charge in [0.1, 0.15) is 0 Å². The number of carbonyl (C=O) groups excluding carboxylic acids is 1. The Balaban J connectivity index is 2.24. The van der Waals surface area contributed by atoms with Crippen molar-refractivity contribution in [3.05, 3.63) is 11.9 Å². The van der Waals surface area contributed by atoms with E-state index in [-0.39, 0.29) is 5.91 Å². The topological polar surface area (TPSA) is 72.3 Å². The van der Waals surface area contributed by atoms with Gasteiger partial charge in [0, 0.05) is 52.5 Å². The van der Waals surface area contributed by atoms with Crippen molar-refractivity contribution in [2.75, 3.05) is 33.4 Å². The van der Waals surface area contributed by atoms with Crippen molar-refractivity contribution >= 4 is 5.91 Å². The average Bonchev–Trinajstić information content (AvgIpc) is 2.93. The minimum absolute atomic E-state index is 0.210. The molecule has 0 saturated carbocycles. The van der Waals surface area contributed by atoms with Crippen LogP contribution in [0.5, 0.6) is 0 Å². The normalized spacial score (nSPS) is 10.8. The van der Waals surface area contributed by atoms with Crippen LogP contribution in [0.4, 0.5) is 0 Å². The summed E-state index contributed by atoms with van der Waals surface area (Å²) in [4.78, 5) is 13.7. The Hall–Kier alpha value is -1.47. The van der Waals surface area contributed by atoms with Gasteiger partial charge in [0.05, 0.1) is 12.3 Å². The molecule has 0 unspecified atom stereocenters. The lowest BCUT2D eigenvalue weighted by Gasteiger charge is -2.18. The molecule has 1 aromatic heterocycles. The van der Waals surface area contributed by atoms with Crippen molar-refractivity contribution in [1.29, 1.82) is 0 Å². The number of aromatic nitrogens is 3. The molecule has 0 fully saturated rings. The molecule has 0 saturated heterocycles. The Labute approximate surface area is 126 Å². The molecule has 0 aromatic carbocycles. The first-order valence-corrected chi connectivity index (χ1v) is 7.57. The average molecular weight is 297 g/mol. The number of nitrogens with one attached hydrogen (secondary N) is 1. The van der Waals surface area contributed by atoms with Crippen LogP contribution in [-0.4, -0.2) is 59.2 Å². The van der Waals surface area contributed by atoms with Gasteiger partial charge >= 0.3 is 0 Å². The zero-order valence-electron chi connectivity index (χ0n) is 13.3. The van der Waals surface area contributed by atoms with Crippen LogP contribution in [0.1, 0.15) is 32.4 Å². The first-order valence-electron chi connectivity index (χ1n) is 7.57. The van der Waals surface area contributed by atoms with Gasteiger partial charge in [-0.1, -0.05) is 5.21 Å². The zero-order valence-corrected chi connectivity index (χ0v) is 13.3. The first-order chi connectivity index (χ1) is 10.2. The van der Waals surface area contributed by atoms with E-state index in [1.54, 1.807) is 11.8 Å². The molecular formula is C14H27N5O2. The van der Waals surface area contributed by atoms with E-state index in [0.717, 1.165) is 38.3 Å². The molecule has 0 spiro atoms. The molecule has 1 amide bonds. The van der Waals surface area contributed by atoms with Crippen LogP contribution in [0.25, 0.3) is 0 Å². The third-order valence-electron chi connectivity index (χ3n) is 3.27. The number of hydrogen-bond donors (Lipinski definition) is 1. The number of rotatable bonds is 11. The van der Waals surface area contributed by atoms with Gasteiger partial charge in [-0.15, -0.1) is 5.10 Å². The molecule has 0 aliphatic heterocycles. The van der Waals surface area contributed by atoms with E-state index >= 15 is 0 Å². The van der Waals surface area contributed by atoms with E-state index in [1.165, 1.54) is 0 Å². The maximum Gasteiger partial charge on any atom is 0.222 e. The number of ether oxygens (including phenoxy) is 1. The summed E-state index contributed by atoms with van der Waals surface area (Å²) in [6, 6.07) is 0. The Morgan fingerprint density at radius 2 is 2.19 bits per heavy atom. The van der Waals surface area contributed by atoms with Gasteiger partial charge in [0.2, 0.25) is 5.91 Å². The third-order valence-corrected chi connectivity index (χ3v) is 3.27. The van der Waals surface area contributed by atoms with Crippen LogP contribution in [0.2, 0.25) is 0 Å². The molecule has 0 aliphatic rings. The molecule has 120 valence electrons. The highest BCUT2D eigenvalue weighted by Crippen LogP contribution is 2.01. The van der Waals surface area contributed by atoms with Gasteiger partial charge in [-0.25, -0.2) is 0 Å². The molecule has 1 rings (SSSR count). The van der Waals surface area contributed by atoms with Crippen molar-refractivity contribution in [3.8, 4) is 0 Å². The summed E-state index contributed by atoms with van der Waals surface area (Å²) < 4.78 is 6.75. The molecule has 0 radical (unpaired) electrons. The fraction of sp³-hybridized carbons (Fsp3) is 0.786. The van der Waals surface area contributed by atoms with Crippen LogP contribution < -0.4 is 5.32 Å². The molecule has 0 atom stereocenters. The Morgan fingerprint density at radius 1 is 1.43 bits per heavy atom. The second-order valence-corrected chi connectivity index (χ2v) is 4.81. The van der Waals surface area contributed by atoms with Gasteiger partial charge < -0.3 is 15.0 Å². The molecule has 1 aromatic rings. The van der Waals surface area contributed by atoms with Crippen molar-refractivity contribution in [2.24, 2.45) is 0 Å². The Bertz CT molecular complexity index is 404. The van der Waals surface area contributed by atoms with Crippen LogP contribution in [0.15, 0.2) is 6.20 Å². The summed E-state index contributed by atoms with van der Waals surface area (Å²) in [6.07, 6.45) is 3.26. The minimum Gasteiger partial charge on any atom is -0.383 e. The zero-order chi connectivity index (χ0) is 15.5. The monoisotopic (exact) mass is 297 g/mol. The lowest BCUT2D eigenvalue weighted by atomic mass is 10.2. The highest BCUT2D eigenvalue weighted by atomic mass is 16.5. The van der Waals surface area contributed by atoms with E-state index in [9.17, 15) is 4.79 Å². The molecule has 21 heavy (non-hydrogen) atoms. The second-order valence-electron chi connectivity index (χ2n) is 4.81. The standard InChI is InChI=1S/C14H27N5O2/c1-4-18(5-2)14(20)7-6-9-19-12-13(16-17-19)11-15-8-10-21-3/h12,15H,4-11H2,1-3H3. The maximum atomic E-state index is 11.9. The highest BCUT2D eigenvalue weighted by Gasteiger charge is 2.09. The molecular weight excluding hydrogens is 270 g/mol. The number of aryl methyl sites for hydroxylation is 1. The highest BCUT2D eigenvalue weighted by molar-refractivity contribution is 5.75. The molecule has 7 nitrogen and oxygen atoms in total. The van der Waals surface area contributed by atoms with Crippen molar-refractivity contribution in [1.82, 2.24) is 25.2 Å². The lowest BCUT2D eigenvalue weighted by Crippen LogP contribution is -2.30. The Morgan fingerprint density at radius 3 is 2.86 bits per heavy atom. The molecule has 1 heterocycles. The van der Waals surface area contributed by atoms with Crippen LogP contribution in [0.3, 0.4) is 0 Å². The fourth-order valence-corrected chi connectivity index (χ4v) is 2.05. The minimum atomic E-state index is 0.210. The number of methoxy groups -OCH3 is 1. The number of amides is 1. The van der Waals surface area contributed by atoms with Gasteiger partial charge in [-0.05, 0) is 20.3 Å². The van der Waals surface area contributed by atoms with Crippen LogP contribution in [-0.2, 0) is 22.6 Å². The summed E-state index contributed by atoms with van der Waals surface area (Å²) >= 11 is 0. The van der Waals surface area contributed by atoms with E-state index < -0.39 is 0 Å². The van der Waals surface area contributed by atoms with Gasteiger partial charge in [0.25, 0.3) is 0 Å². The summed E-state index contributed by atoms with van der Waals surface area (Å²) in [6.45, 7) is 8.43.